The number of carbonyl (C=O) groups is 2. The topological polar surface area (TPSA) is 66.4 Å². The molecular weight excluding hydrogens is 254 g/mol. The summed E-state index contributed by atoms with van der Waals surface area (Å²) in [6, 6.07) is 5.79. The van der Waals surface area contributed by atoms with Crippen LogP contribution in [0.25, 0.3) is 0 Å². The van der Waals surface area contributed by atoms with Crippen molar-refractivity contribution < 1.29 is 14.7 Å². The van der Waals surface area contributed by atoms with Crippen molar-refractivity contribution in [1.29, 1.82) is 0 Å². The fourth-order valence-electron chi connectivity index (χ4n) is 2.65. The van der Waals surface area contributed by atoms with Crippen LogP contribution < -0.4 is 5.32 Å². The molecule has 4 heteroatoms. The Hall–Kier alpha value is -2.10. The van der Waals surface area contributed by atoms with Gasteiger partial charge in [0.2, 0.25) is 0 Å². The van der Waals surface area contributed by atoms with Gasteiger partial charge in [0.25, 0.3) is 5.91 Å². The zero-order chi connectivity index (χ0) is 14.7. The molecule has 1 aliphatic carbocycles. The lowest BCUT2D eigenvalue weighted by Crippen LogP contribution is -2.21. The van der Waals surface area contributed by atoms with Crippen LogP contribution in [0.4, 0.5) is 5.69 Å². The number of aliphatic carboxylic acids is 1. The van der Waals surface area contributed by atoms with Gasteiger partial charge < -0.3 is 10.4 Å². The van der Waals surface area contributed by atoms with Gasteiger partial charge in [-0.1, -0.05) is 6.07 Å². The minimum absolute atomic E-state index is 0.262. The van der Waals surface area contributed by atoms with Crippen molar-refractivity contribution in [3.05, 3.63) is 40.5 Å². The summed E-state index contributed by atoms with van der Waals surface area (Å²) in [5.74, 6) is -1.26. The van der Waals surface area contributed by atoms with E-state index in [4.69, 9.17) is 0 Å². The van der Waals surface area contributed by atoms with Crippen molar-refractivity contribution in [1.82, 2.24) is 0 Å². The molecule has 1 amide bonds. The molecule has 0 spiro atoms. The van der Waals surface area contributed by atoms with Crippen LogP contribution in [0.2, 0.25) is 0 Å². The molecule has 0 aromatic heterocycles. The first-order valence-electron chi connectivity index (χ1n) is 6.82. The number of hydrogen-bond donors (Lipinski definition) is 2. The Bertz CT molecular complexity index is 567. The third-order valence-electron chi connectivity index (χ3n) is 3.48. The van der Waals surface area contributed by atoms with E-state index in [1.807, 2.05) is 32.0 Å². The molecule has 106 valence electrons. The van der Waals surface area contributed by atoms with Crippen molar-refractivity contribution in [2.24, 2.45) is 0 Å². The van der Waals surface area contributed by atoms with Crippen LogP contribution in [-0.4, -0.2) is 17.0 Å². The van der Waals surface area contributed by atoms with Gasteiger partial charge in [0.05, 0.1) is 0 Å². The molecule has 0 saturated carbocycles. The van der Waals surface area contributed by atoms with Gasteiger partial charge in [0, 0.05) is 16.8 Å². The molecular formula is C16H19NO3. The van der Waals surface area contributed by atoms with Crippen LogP contribution in [0, 0.1) is 13.8 Å². The van der Waals surface area contributed by atoms with Crippen LogP contribution in [-0.2, 0) is 9.59 Å². The Morgan fingerprint density at radius 3 is 2.10 bits per heavy atom. The fraction of sp³-hybridized carbons (Fsp3) is 0.375. The van der Waals surface area contributed by atoms with Gasteiger partial charge in [-0.2, -0.15) is 0 Å². The Labute approximate surface area is 118 Å². The molecule has 0 bridgehead atoms. The lowest BCUT2D eigenvalue weighted by molar-refractivity contribution is -0.133. The molecule has 1 aliphatic rings. The van der Waals surface area contributed by atoms with Gasteiger partial charge in [-0.3, -0.25) is 4.79 Å². The molecule has 2 rings (SSSR count). The highest BCUT2D eigenvalue weighted by atomic mass is 16.4. The molecule has 0 aliphatic heterocycles. The summed E-state index contributed by atoms with van der Waals surface area (Å²) in [7, 11) is 0. The number of aryl methyl sites for hydroxylation is 2. The van der Waals surface area contributed by atoms with Crippen molar-refractivity contribution in [2.45, 2.75) is 39.5 Å². The van der Waals surface area contributed by atoms with E-state index in [0.717, 1.165) is 29.7 Å². The molecule has 0 radical (unpaired) electrons. The van der Waals surface area contributed by atoms with Gasteiger partial charge in [0.1, 0.15) is 0 Å². The molecule has 0 fully saturated rings. The minimum Gasteiger partial charge on any atom is -0.478 e. The first-order valence-corrected chi connectivity index (χ1v) is 6.82. The minimum atomic E-state index is -0.977. The predicted octanol–water partition coefficient (Wildman–Crippen LogP) is 3.20. The maximum absolute atomic E-state index is 12.3. The summed E-state index contributed by atoms with van der Waals surface area (Å²) >= 11 is 0. The second-order valence-corrected chi connectivity index (χ2v) is 5.30. The number of carbonyl (C=O) groups excluding carboxylic acids is 1. The van der Waals surface area contributed by atoms with Crippen molar-refractivity contribution >= 4 is 17.6 Å². The number of carboxylic acids is 1. The van der Waals surface area contributed by atoms with Gasteiger partial charge >= 0.3 is 5.97 Å². The largest absolute Gasteiger partial charge is 0.478 e. The standard InChI is InChI=1S/C16H19NO3/c1-10-7-11(2)9-12(8-10)17-15(18)13-5-3-4-6-14(13)16(19)20/h7-9H,3-6H2,1-2H3,(H,17,18)(H,19,20). The molecule has 4 nitrogen and oxygen atoms in total. The van der Waals surface area contributed by atoms with Gasteiger partial charge in [-0.15, -0.1) is 0 Å². The summed E-state index contributed by atoms with van der Waals surface area (Å²) in [5, 5.41) is 12.0. The zero-order valence-corrected chi connectivity index (χ0v) is 11.8. The number of nitrogens with one attached hydrogen (secondary N) is 1. The van der Waals surface area contributed by atoms with Crippen LogP contribution in [0.3, 0.4) is 0 Å². The first-order chi connectivity index (χ1) is 9.47. The van der Waals surface area contributed by atoms with Crippen molar-refractivity contribution in [2.75, 3.05) is 5.32 Å². The smallest absolute Gasteiger partial charge is 0.332 e. The van der Waals surface area contributed by atoms with Crippen molar-refractivity contribution in [3.63, 3.8) is 0 Å². The van der Waals surface area contributed by atoms with Gasteiger partial charge in [-0.25, -0.2) is 4.79 Å². The van der Waals surface area contributed by atoms with E-state index in [1.54, 1.807) is 0 Å². The quantitative estimate of drug-likeness (QED) is 0.888. The van der Waals surface area contributed by atoms with E-state index in [-0.39, 0.29) is 11.5 Å². The monoisotopic (exact) mass is 273 g/mol. The van der Waals surface area contributed by atoms with Crippen LogP contribution in [0.1, 0.15) is 36.8 Å². The Morgan fingerprint density at radius 1 is 1.00 bits per heavy atom. The van der Waals surface area contributed by atoms with E-state index in [2.05, 4.69) is 5.32 Å². The van der Waals surface area contributed by atoms with Gasteiger partial charge in [-0.05, 0) is 62.8 Å². The molecule has 0 saturated heterocycles. The SMILES string of the molecule is Cc1cc(C)cc(NC(=O)C2=C(C(=O)O)CCCC2)c1. The number of hydrogen-bond acceptors (Lipinski definition) is 2. The number of anilines is 1. The summed E-state index contributed by atoms with van der Waals surface area (Å²) in [4.78, 5) is 23.5. The molecule has 0 heterocycles. The van der Waals surface area contributed by atoms with Crippen LogP contribution in [0.15, 0.2) is 29.3 Å². The Morgan fingerprint density at radius 2 is 1.55 bits per heavy atom. The Kier molecular flexibility index (Phi) is 4.23. The maximum Gasteiger partial charge on any atom is 0.332 e. The summed E-state index contributed by atoms with van der Waals surface area (Å²) in [6.07, 6.45) is 2.72. The molecule has 1 aromatic carbocycles. The second-order valence-electron chi connectivity index (χ2n) is 5.30. The third kappa shape index (κ3) is 3.26. The highest BCUT2D eigenvalue weighted by Gasteiger charge is 2.23. The van der Waals surface area contributed by atoms with E-state index >= 15 is 0 Å². The molecule has 0 unspecified atom stereocenters. The highest BCUT2D eigenvalue weighted by Crippen LogP contribution is 2.26. The maximum atomic E-state index is 12.3. The predicted molar refractivity (Wildman–Crippen MR) is 77.7 cm³/mol. The fourth-order valence-corrected chi connectivity index (χ4v) is 2.65. The second kappa shape index (κ2) is 5.90. The number of carboxylic acid groups (broad SMARTS) is 1. The number of amides is 1. The summed E-state index contributed by atoms with van der Waals surface area (Å²) in [6.45, 7) is 3.93. The number of rotatable bonds is 3. The summed E-state index contributed by atoms with van der Waals surface area (Å²) < 4.78 is 0. The van der Waals surface area contributed by atoms with Gasteiger partial charge in [0.15, 0.2) is 0 Å². The zero-order valence-electron chi connectivity index (χ0n) is 11.8. The highest BCUT2D eigenvalue weighted by molar-refractivity contribution is 6.08. The van der Waals surface area contributed by atoms with E-state index in [0.29, 0.717) is 18.4 Å². The van der Waals surface area contributed by atoms with Crippen LogP contribution >= 0.6 is 0 Å². The molecule has 1 aromatic rings. The van der Waals surface area contributed by atoms with Crippen LogP contribution in [0.5, 0.6) is 0 Å². The van der Waals surface area contributed by atoms with E-state index in [1.165, 1.54) is 0 Å². The van der Waals surface area contributed by atoms with Crippen molar-refractivity contribution in [3.8, 4) is 0 Å². The normalized spacial score (nSPS) is 15.1. The average molecular weight is 273 g/mol. The first kappa shape index (κ1) is 14.3. The molecule has 2 N–H and O–H groups in total. The lowest BCUT2D eigenvalue weighted by Gasteiger charge is -2.17. The molecule has 20 heavy (non-hydrogen) atoms. The summed E-state index contributed by atoms with van der Waals surface area (Å²) in [5.41, 5.74) is 3.53. The molecule has 0 atom stereocenters. The third-order valence-corrected chi connectivity index (χ3v) is 3.48. The van der Waals surface area contributed by atoms with E-state index in [9.17, 15) is 14.7 Å². The average Bonchev–Trinajstić information content (AvgIpc) is 2.37. The lowest BCUT2D eigenvalue weighted by atomic mass is 9.91. The van der Waals surface area contributed by atoms with E-state index < -0.39 is 5.97 Å². The number of benzene rings is 1. The Balaban J connectivity index is 2.24.